The second kappa shape index (κ2) is 12.6. The zero-order valence-electron chi connectivity index (χ0n) is 21.3. The standard InChI is InChI=1S/C27H33FN6O2.2ClH/c28-19-4-8-23(9-5-19)34-25(18-33(27(34)35)22-2-1-3-22)24-12-13-29-26(31-24)30-20-6-10-21(11-7-20)32-14-16-36-17-15-32;;/h4-5,8-9,12-13,18,20-22H,1-3,6-7,10-11,14-17H2,(H,29,30,31);2*1H. The number of nitrogens with one attached hydrogen (secondary N) is 1. The number of imidazole rings is 1. The van der Waals surface area contributed by atoms with Gasteiger partial charge in [-0.15, -0.1) is 24.8 Å². The summed E-state index contributed by atoms with van der Waals surface area (Å²) < 4.78 is 22.5. The van der Waals surface area contributed by atoms with Crippen LogP contribution < -0.4 is 11.0 Å². The normalized spacial score (nSPS) is 22.1. The number of hydrogen-bond acceptors (Lipinski definition) is 6. The Balaban J connectivity index is 0.00000168. The van der Waals surface area contributed by atoms with E-state index in [0.717, 1.165) is 71.2 Å². The molecule has 2 aromatic heterocycles. The largest absolute Gasteiger partial charge is 0.379 e. The minimum absolute atomic E-state index is 0. The van der Waals surface area contributed by atoms with E-state index in [9.17, 15) is 9.18 Å². The molecule has 8 nitrogen and oxygen atoms in total. The Kier molecular flexibility index (Phi) is 9.46. The van der Waals surface area contributed by atoms with E-state index in [2.05, 4.69) is 15.2 Å². The summed E-state index contributed by atoms with van der Waals surface area (Å²) in [6, 6.07) is 9.04. The third-order valence-electron chi connectivity index (χ3n) is 7.98. The van der Waals surface area contributed by atoms with Gasteiger partial charge >= 0.3 is 5.69 Å². The van der Waals surface area contributed by atoms with Crippen LogP contribution >= 0.6 is 24.8 Å². The summed E-state index contributed by atoms with van der Waals surface area (Å²) in [5.41, 5.74) is 1.88. The lowest BCUT2D eigenvalue weighted by Gasteiger charge is -2.38. The lowest BCUT2D eigenvalue weighted by Crippen LogP contribution is -2.46. The summed E-state index contributed by atoms with van der Waals surface area (Å²) in [6.07, 6.45) is 11.2. The Bertz CT molecular complexity index is 1250. The van der Waals surface area contributed by atoms with Crippen LogP contribution in [0.4, 0.5) is 10.3 Å². The molecule has 38 heavy (non-hydrogen) atoms. The summed E-state index contributed by atoms with van der Waals surface area (Å²) in [6.45, 7) is 3.74. The van der Waals surface area contributed by atoms with Gasteiger partial charge in [0.05, 0.1) is 30.3 Å². The molecule has 0 atom stereocenters. The van der Waals surface area contributed by atoms with Gasteiger partial charge in [0.2, 0.25) is 5.95 Å². The maximum atomic E-state index is 13.6. The summed E-state index contributed by atoms with van der Waals surface area (Å²) in [7, 11) is 0. The average Bonchev–Trinajstić information content (AvgIpc) is 3.21. The Morgan fingerprint density at radius 2 is 1.63 bits per heavy atom. The molecule has 3 aromatic rings. The third-order valence-corrected chi connectivity index (χ3v) is 7.98. The SMILES string of the molecule is Cl.Cl.O=c1n(C2CCC2)cc(-c2ccnc(NC3CCC(N4CCOCC4)CC3)n2)n1-c1ccc(F)cc1. The van der Waals surface area contributed by atoms with Gasteiger partial charge in [0, 0.05) is 43.6 Å². The molecule has 1 saturated heterocycles. The Morgan fingerprint density at radius 3 is 2.29 bits per heavy atom. The van der Waals surface area contributed by atoms with Crippen molar-refractivity contribution in [2.75, 3.05) is 31.6 Å². The molecule has 3 fully saturated rings. The average molecular weight is 566 g/mol. The third kappa shape index (κ3) is 5.91. The van der Waals surface area contributed by atoms with E-state index >= 15 is 0 Å². The molecule has 6 rings (SSSR count). The topological polar surface area (TPSA) is 77.2 Å². The Labute approximate surface area is 234 Å². The smallest absolute Gasteiger partial charge is 0.333 e. The maximum absolute atomic E-state index is 13.6. The Morgan fingerprint density at radius 1 is 0.921 bits per heavy atom. The molecular weight excluding hydrogens is 530 g/mol. The zero-order chi connectivity index (χ0) is 24.5. The fourth-order valence-electron chi connectivity index (χ4n) is 5.69. The maximum Gasteiger partial charge on any atom is 0.333 e. The molecule has 3 aliphatic rings. The fourth-order valence-corrected chi connectivity index (χ4v) is 5.69. The van der Waals surface area contributed by atoms with Crippen molar-refractivity contribution in [1.29, 1.82) is 0 Å². The first-order chi connectivity index (χ1) is 17.7. The van der Waals surface area contributed by atoms with E-state index < -0.39 is 0 Å². The number of benzene rings is 1. The van der Waals surface area contributed by atoms with Crippen molar-refractivity contribution >= 4 is 30.8 Å². The predicted molar refractivity (Wildman–Crippen MR) is 150 cm³/mol. The molecule has 0 unspecified atom stereocenters. The minimum Gasteiger partial charge on any atom is -0.379 e. The van der Waals surface area contributed by atoms with Gasteiger partial charge in [-0.2, -0.15) is 0 Å². The second-order valence-electron chi connectivity index (χ2n) is 10.2. The number of aromatic nitrogens is 4. The molecule has 3 heterocycles. The van der Waals surface area contributed by atoms with E-state index in [-0.39, 0.29) is 42.4 Å². The van der Waals surface area contributed by atoms with Gasteiger partial charge in [0.25, 0.3) is 0 Å². The van der Waals surface area contributed by atoms with Crippen LogP contribution in [0.15, 0.2) is 47.5 Å². The van der Waals surface area contributed by atoms with Crippen LogP contribution in [0.1, 0.15) is 51.0 Å². The van der Waals surface area contributed by atoms with Crippen LogP contribution in [0, 0.1) is 5.82 Å². The van der Waals surface area contributed by atoms with Crippen molar-refractivity contribution < 1.29 is 9.13 Å². The molecule has 206 valence electrons. The number of nitrogens with zero attached hydrogens (tertiary/aromatic N) is 5. The van der Waals surface area contributed by atoms with Gasteiger partial charge in [-0.05, 0) is 75.3 Å². The number of anilines is 1. The second-order valence-corrected chi connectivity index (χ2v) is 10.2. The van der Waals surface area contributed by atoms with Crippen LogP contribution in [0.25, 0.3) is 17.1 Å². The number of halogens is 3. The molecule has 0 radical (unpaired) electrons. The van der Waals surface area contributed by atoms with Gasteiger partial charge in [0.15, 0.2) is 0 Å². The first kappa shape index (κ1) is 28.5. The number of rotatable bonds is 6. The van der Waals surface area contributed by atoms with E-state index in [0.29, 0.717) is 35.1 Å². The van der Waals surface area contributed by atoms with Gasteiger partial charge in [0.1, 0.15) is 5.82 Å². The highest BCUT2D eigenvalue weighted by atomic mass is 35.5. The van der Waals surface area contributed by atoms with Gasteiger partial charge < -0.3 is 10.1 Å². The van der Waals surface area contributed by atoms with Gasteiger partial charge in [-0.3, -0.25) is 14.0 Å². The van der Waals surface area contributed by atoms with Crippen molar-refractivity contribution in [2.45, 2.75) is 63.1 Å². The lowest BCUT2D eigenvalue weighted by atomic mass is 9.90. The van der Waals surface area contributed by atoms with Gasteiger partial charge in [-0.1, -0.05) is 0 Å². The van der Waals surface area contributed by atoms with E-state index in [1.807, 2.05) is 16.8 Å². The van der Waals surface area contributed by atoms with Crippen molar-refractivity contribution in [3.8, 4) is 17.1 Å². The first-order valence-electron chi connectivity index (χ1n) is 13.2. The van der Waals surface area contributed by atoms with Crippen LogP contribution in [0.2, 0.25) is 0 Å². The van der Waals surface area contributed by atoms with Crippen LogP contribution in [0.3, 0.4) is 0 Å². The molecule has 0 spiro atoms. The minimum atomic E-state index is -0.330. The van der Waals surface area contributed by atoms with E-state index in [4.69, 9.17) is 9.72 Å². The van der Waals surface area contributed by atoms with Crippen molar-refractivity contribution in [2.24, 2.45) is 0 Å². The first-order valence-corrected chi connectivity index (χ1v) is 13.2. The summed E-state index contributed by atoms with van der Waals surface area (Å²) in [5.74, 6) is 0.250. The molecule has 0 amide bonds. The molecular formula is C27H35Cl2FN6O2. The molecule has 2 saturated carbocycles. The van der Waals surface area contributed by atoms with Crippen LogP contribution in [-0.2, 0) is 4.74 Å². The van der Waals surface area contributed by atoms with E-state index in [1.54, 1.807) is 22.9 Å². The summed E-state index contributed by atoms with van der Waals surface area (Å²) in [4.78, 5) is 25.3. The van der Waals surface area contributed by atoms with Crippen molar-refractivity contribution in [3.05, 3.63) is 59.0 Å². The summed E-state index contributed by atoms with van der Waals surface area (Å²) in [5, 5.41) is 3.54. The highest BCUT2D eigenvalue weighted by Crippen LogP contribution is 2.32. The molecule has 1 aliphatic heterocycles. The zero-order valence-corrected chi connectivity index (χ0v) is 22.9. The highest BCUT2D eigenvalue weighted by Gasteiger charge is 2.28. The molecule has 0 bridgehead atoms. The van der Waals surface area contributed by atoms with Crippen molar-refractivity contribution in [3.63, 3.8) is 0 Å². The van der Waals surface area contributed by atoms with Crippen LogP contribution in [0.5, 0.6) is 0 Å². The number of hydrogen-bond donors (Lipinski definition) is 1. The number of ether oxygens (including phenoxy) is 1. The van der Waals surface area contributed by atoms with Crippen LogP contribution in [-0.4, -0.2) is 62.4 Å². The van der Waals surface area contributed by atoms with Crippen molar-refractivity contribution in [1.82, 2.24) is 24.0 Å². The Hall–Kier alpha value is -2.46. The molecule has 1 aromatic carbocycles. The highest BCUT2D eigenvalue weighted by molar-refractivity contribution is 5.85. The summed E-state index contributed by atoms with van der Waals surface area (Å²) >= 11 is 0. The molecule has 2 aliphatic carbocycles. The predicted octanol–water partition coefficient (Wildman–Crippen LogP) is 4.86. The number of morpholine rings is 1. The molecule has 1 N–H and O–H groups in total. The fraction of sp³-hybridized carbons (Fsp3) is 0.519. The molecule has 11 heteroatoms. The van der Waals surface area contributed by atoms with Gasteiger partial charge in [-0.25, -0.2) is 19.2 Å². The quantitative estimate of drug-likeness (QED) is 0.460. The van der Waals surface area contributed by atoms with E-state index in [1.165, 1.54) is 12.1 Å². The monoisotopic (exact) mass is 564 g/mol. The lowest BCUT2D eigenvalue weighted by molar-refractivity contribution is 0.00790.